The number of nitrogens with one attached hydrogen (secondary N) is 1. The van der Waals surface area contributed by atoms with Gasteiger partial charge in [0.15, 0.2) is 0 Å². The van der Waals surface area contributed by atoms with Crippen LogP contribution in [0.2, 0.25) is 0 Å². The lowest BCUT2D eigenvalue weighted by Gasteiger charge is -2.15. The van der Waals surface area contributed by atoms with Crippen LogP contribution < -0.4 is 5.32 Å². The van der Waals surface area contributed by atoms with Crippen LogP contribution in [-0.4, -0.2) is 11.4 Å². The third-order valence-electron chi connectivity index (χ3n) is 1.84. The van der Waals surface area contributed by atoms with Crippen LogP contribution in [0.3, 0.4) is 0 Å². The molecule has 1 N–H and O–H groups in total. The summed E-state index contributed by atoms with van der Waals surface area (Å²) in [6.07, 6.45) is -4.86. The highest BCUT2D eigenvalue weighted by Gasteiger charge is 2.36. The molecule has 0 heterocycles. The Morgan fingerprint density at radius 1 is 1.16 bits per heavy atom. The third-order valence-corrected chi connectivity index (χ3v) is 2.56. The van der Waals surface area contributed by atoms with E-state index in [0.29, 0.717) is 6.07 Å². The number of hydrogen-bond acceptors (Lipinski definition) is 2. The van der Waals surface area contributed by atoms with Crippen molar-refractivity contribution in [3.63, 3.8) is 0 Å². The second-order valence-corrected chi connectivity index (χ2v) is 4.57. The summed E-state index contributed by atoms with van der Waals surface area (Å²) in [5.74, 6) is -0.748. The average Bonchev–Trinajstić information content (AvgIpc) is 2.15. The van der Waals surface area contributed by atoms with E-state index in [1.54, 1.807) is 0 Å². The maximum Gasteiger partial charge on any atom is 0.446 e. The molecule has 0 aliphatic heterocycles. The standard InChI is InChI=1S/C10H7F6NOS/c1-5(18)17-8-3-2-6(19-10(14,15)16)4-7(8)9(11,12)13/h2-4H,1H3,(H,17,18). The first-order valence-electron chi connectivity index (χ1n) is 4.73. The highest BCUT2D eigenvalue weighted by molar-refractivity contribution is 8.00. The molecule has 1 amide bonds. The summed E-state index contributed by atoms with van der Waals surface area (Å²) in [6.45, 7) is 0.999. The molecule has 0 spiro atoms. The van der Waals surface area contributed by atoms with Gasteiger partial charge in [-0.15, -0.1) is 0 Å². The molecular formula is C10H7F6NOS. The number of amides is 1. The molecule has 1 rings (SSSR count). The van der Waals surface area contributed by atoms with Crippen molar-refractivity contribution < 1.29 is 31.1 Å². The first-order chi connectivity index (χ1) is 8.49. The minimum atomic E-state index is -4.86. The minimum Gasteiger partial charge on any atom is -0.326 e. The first kappa shape index (κ1) is 15.7. The molecule has 19 heavy (non-hydrogen) atoms. The molecule has 0 radical (unpaired) electrons. The van der Waals surface area contributed by atoms with Gasteiger partial charge in [0.1, 0.15) is 0 Å². The first-order valence-corrected chi connectivity index (χ1v) is 5.55. The van der Waals surface area contributed by atoms with Gasteiger partial charge >= 0.3 is 11.7 Å². The van der Waals surface area contributed by atoms with Crippen molar-refractivity contribution in [1.29, 1.82) is 0 Å². The van der Waals surface area contributed by atoms with E-state index in [9.17, 15) is 31.1 Å². The number of alkyl halides is 6. The maximum atomic E-state index is 12.7. The van der Waals surface area contributed by atoms with Crippen LogP contribution in [0.25, 0.3) is 0 Å². The smallest absolute Gasteiger partial charge is 0.326 e. The highest BCUT2D eigenvalue weighted by atomic mass is 32.2. The summed E-state index contributed by atoms with van der Waals surface area (Å²) >= 11 is -0.654. The predicted molar refractivity (Wildman–Crippen MR) is 57.7 cm³/mol. The molecule has 0 unspecified atom stereocenters. The SMILES string of the molecule is CC(=O)Nc1ccc(SC(F)(F)F)cc1C(F)(F)F. The number of halogens is 6. The third kappa shape index (κ3) is 5.01. The van der Waals surface area contributed by atoms with Gasteiger partial charge in [0, 0.05) is 11.8 Å². The van der Waals surface area contributed by atoms with Crippen molar-refractivity contribution >= 4 is 23.4 Å². The molecule has 1 aromatic rings. The molecule has 0 fully saturated rings. The Kier molecular flexibility index (Phi) is 4.39. The van der Waals surface area contributed by atoms with Gasteiger partial charge in [-0.25, -0.2) is 0 Å². The average molecular weight is 303 g/mol. The van der Waals surface area contributed by atoms with Gasteiger partial charge in [0.2, 0.25) is 5.91 Å². The maximum absolute atomic E-state index is 12.7. The molecule has 0 bridgehead atoms. The van der Waals surface area contributed by atoms with Gasteiger partial charge in [-0.05, 0) is 30.0 Å². The van der Waals surface area contributed by atoms with Crippen molar-refractivity contribution in [2.24, 2.45) is 0 Å². The van der Waals surface area contributed by atoms with Crippen LogP contribution >= 0.6 is 11.8 Å². The molecule has 0 saturated carbocycles. The number of hydrogen-bond donors (Lipinski definition) is 1. The zero-order valence-electron chi connectivity index (χ0n) is 9.32. The Bertz CT molecular complexity index is 482. The highest BCUT2D eigenvalue weighted by Crippen LogP contribution is 2.41. The zero-order valence-corrected chi connectivity index (χ0v) is 10.1. The number of anilines is 1. The molecule has 0 aromatic heterocycles. The molecule has 2 nitrogen and oxygen atoms in total. The van der Waals surface area contributed by atoms with E-state index in [-0.39, 0.29) is 0 Å². The Morgan fingerprint density at radius 2 is 1.74 bits per heavy atom. The fourth-order valence-electron chi connectivity index (χ4n) is 1.25. The molecular weight excluding hydrogens is 296 g/mol. The summed E-state index contributed by atoms with van der Waals surface area (Å²) in [4.78, 5) is 10.1. The van der Waals surface area contributed by atoms with E-state index in [2.05, 4.69) is 0 Å². The molecule has 0 atom stereocenters. The number of benzene rings is 1. The number of rotatable bonds is 2. The Hall–Kier alpha value is -1.38. The van der Waals surface area contributed by atoms with Crippen LogP contribution in [0.1, 0.15) is 12.5 Å². The molecule has 106 valence electrons. The topological polar surface area (TPSA) is 29.1 Å². The Balaban J connectivity index is 3.19. The number of thioether (sulfide) groups is 1. The van der Waals surface area contributed by atoms with E-state index >= 15 is 0 Å². The van der Waals surface area contributed by atoms with Crippen molar-refractivity contribution in [3.05, 3.63) is 23.8 Å². The van der Waals surface area contributed by atoms with Gasteiger partial charge in [0.25, 0.3) is 0 Å². The summed E-state index contributed by atoms with van der Waals surface area (Å²) in [6, 6.07) is 2.00. The summed E-state index contributed by atoms with van der Waals surface area (Å²) < 4.78 is 74.3. The van der Waals surface area contributed by atoms with Gasteiger partial charge in [0.05, 0.1) is 11.3 Å². The molecule has 0 saturated heterocycles. The number of carbonyl (C=O) groups is 1. The fraction of sp³-hybridized carbons (Fsp3) is 0.300. The van der Waals surface area contributed by atoms with Crippen LogP contribution in [-0.2, 0) is 11.0 Å². The normalized spacial score (nSPS) is 12.4. The van der Waals surface area contributed by atoms with Gasteiger partial charge in [-0.2, -0.15) is 26.3 Å². The van der Waals surface area contributed by atoms with Crippen molar-refractivity contribution in [1.82, 2.24) is 0 Å². The van der Waals surface area contributed by atoms with Crippen molar-refractivity contribution in [2.45, 2.75) is 23.5 Å². The zero-order chi connectivity index (χ0) is 14.8. The second-order valence-electron chi connectivity index (χ2n) is 3.43. The van der Waals surface area contributed by atoms with Crippen LogP contribution in [0, 0.1) is 0 Å². The number of carbonyl (C=O) groups excluding carboxylic acids is 1. The molecule has 0 aliphatic rings. The van der Waals surface area contributed by atoms with Gasteiger partial charge in [-0.3, -0.25) is 4.79 Å². The van der Waals surface area contributed by atoms with Crippen molar-refractivity contribution in [3.8, 4) is 0 Å². The lowest BCUT2D eigenvalue weighted by molar-refractivity contribution is -0.137. The van der Waals surface area contributed by atoms with E-state index in [1.165, 1.54) is 0 Å². The molecule has 9 heteroatoms. The lowest BCUT2D eigenvalue weighted by atomic mass is 10.1. The van der Waals surface area contributed by atoms with Crippen molar-refractivity contribution in [2.75, 3.05) is 5.32 Å². The molecule has 1 aromatic carbocycles. The Labute approximate surface area is 108 Å². The van der Waals surface area contributed by atoms with Gasteiger partial charge < -0.3 is 5.32 Å². The van der Waals surface area contributed by atoms with Crippen LogP contribution in [0.4, 0.5) is 32.0 Å². The quantitative estimate of drug-likeness (QED) is 0.653. The summed E-state index contributed by atoms with van der Waals surface area (Å²) in [5, 5.41) is 1.92. The summed E-state index contributed by atoms with van der Waals surface area (Å²) in [7, 11) is 0. The van der Waals surface area contributed by atoms with E-state index < -0.39 is 45.5 Å². The molecule has 0 aliphatic carbocycles. The lowest BCUT2D eigenvalue weighted by Crippen LogP contribution is -2.14. The monoisotopic (exact) mass is 303 g/mol. The minimum absolute atomic E-state index is 0.351. The van der Waals surface area contributed by atoms with E-state index in [4.69, 9.17) is 0 Å². The largest absolute Gasteiger partial charge is 0.446 e. The van der Waals surface area contributed by atoms with E-state index in [0.717, 1.165) is 19.1 Å². The van der Waals surface area contributed by atoms with E-state index in [1.807, 2.05) is 5.32 Å². The van der Waals surface area contributed by atoms with Gasteiger partial charge in [-0.1, -0.05) is 0 Å². The predicted octanol–water partition coefficient (Wildman–Crippen LogP) is 4.28. The fourth-order valence-corrected chi connectivity index (χ4v) is 1.83. The van der Waals surface area contributed by atoms with Crippen LogP contribution in [0.5, 0.6) is 0 Å². The Morgan fingerprint density at radius 3 is 2.16 bits per heavy atom. The summed E-state index contributed by atoms with van der Waals surface area (Å²) in [5.41, 5.74) is -6.58. The van der Waals surface area contributed by atoms with Crippen LogP contribution in [0.15, 0.2) is 23.1 Å². The second kappa shape index (κ2) is 5.32.